The Hall–Kier alpha value is -3.06. The molecule has 3 aromatic rings. The fourth-order valence-corrected chi connectivity index (χ4v) is 3.50. The topological polar surface area (TPSA) is 57.8 Å². The van der Waals surface area contributed by atoms with Crippen molar-refractivity contribution in [2.75, 3.05) is 5.32 Å². The highest BCUT2D eigenvalue weighted by Gasteiger charge is 2.29. The summed E-state index contributed by atoms with van der Waals surface area (Å²) >= 11 is 0. The van der Waals surface area contributed by atoms with Crippen LogP contribution >= 0.6 is 0 Å². The Morgan fingerprint density at radius 3 is 2.58 bits per heavy atom. The van der Waals surface area contributed by atoms with Crippen LogP contribution in [0.1, 0.15) is 30.9 Å². The van der Waals surface area contributed by atoms with E-state index in [1.807, 2.05) is 36.4 Å². The van der Waals surface area contributed by atoms with E-state index in [0.29, 0.717) is 5.56 Å². The molecule has 0 saturated heterocycles. The number of benzene rings is 2. The molecule has 0 unspecified atom stereocenters. The summed E-state index contributed by atoms with van der Waals surface area (Å²) in [5.41, 5.74) is 5.71. The van der Waals surface area contributed by atoms with Crippen LogP contribution in [0, 0.1) is 24.2 Å². The third-order valence-electron chi connectivity index (χ3n) is 5.02. The Kier molecular flexibility index (Phi) is 4.00. The highest BCUT2D eigenvalue weighted by molar-refractivity contribution is 5.96. The number of rotatable bonds is 4. The molecular formula is C22H21N3O. The van der Waals surface area contributed by atoms with E-state index in [4.69, 9.17) is 0 Å². The monoisotopic (exact) mass is 343 g/mol. The summed E-state index contributed by atoms with van der Waals surface area (Å²) in [6, 6.07) is 16.4. The first-order chi connectivity index (χ1) is 12.6. The minimum atomic E-state index is 0.105. The van der Waals surface area contributed by atoms with Crippen molar-refractivity contribution in [1.29, 1.82) is 5.26 Å². The van der Waals surface area contributed by atoms with Gasteiger partial charge in [0.15, 0.2) is 0 Å². The van der Waals surface area contributed by atoms with Gasteiger partial charge in [-0.15, -0.1) is 0 Å². The van der Waals surface area contributed by atoms with Gasteiger partial charge in [-0.3, -0.25) is 4.79 Å². The number of nitriles is 1. The van der Waals surface area contributed by atoms with Gasteiger partial charge in [-0.1, -0.05) is 24.3 Å². The first-order valence-electron chi connectivity index (χ1n) is 9.06. The van der Waals surface area contributed by atoms with Gasteiger partial charge in [0, 0.05) is 23.5 Å². The smallest absolute Gasteiger partial charge is 0.227 e. The van der Waals surface area contributed by atoms with Gasteiger partial charge in [-0.2, -0.15) is 5.26 Å². The van der Waals surface area contributed by atoms with E-state index in [9.17, 15) is 10.1 Å². The third-order valence-corrected chi connectivity index (χ3v) is 5.02. The zero-order valence-corrected chi connectivity index (χ0v) is 15.0. The quantitative estimate of drug-likeness (QED) is 0.735. The number of carbonyl (C=O) groups excluding carboxylic acids is 1. The predicted octanol–water partition coefficient (Wildman–Crippen LogP) is 4.86. The number of aryl methyl sites for hydroxylation is 2. The van der Waals surface area contributed by atoms with Crippen LogP contribution in [0.5, 0.6) is 0 Å². The summed E-state index contributed by atoms with van der Waals surface area (Å²) in [6.45, 7) is 4.95. The number of carbonyl (C=O) groups is 1. The summed E-state index contributed by atoms with van der Waals surface area (Å²) < 4.78 is 2.19. The van der Waals surface area contributed by atoms with Crippen LogP contribution in [-0.2, 0) is 11.3 Å². The minimum absolute atomic E-state index is 0.105. The Morgan fingerprint density at radius 2 is 1.96 bits per heavy atom. The third kappa shape index (κ3) is 2.76. The van der Waals surface area contributed by atoms with Crippen molar-refractivity contribution in [2.45, 2.75) is 33.2 Å². The number of nitrogens with zero attached hydrogens (tertiary/aromatic N) is 2. The fraction of sp³-hybridized carbons (Fsp3) is 0.273. The Bertz CT molecular complexity index is 1030. The Morgan fingerprint density at radius 1 is 1.23 bits per heavy atom. The van der Waals surface area contributed by atoms with Crippen molar-refractivity contribution in [3.8, 4) is 17.3 Å². The van der Waals surface area contributed by atoms with E-state index in [0.717, 1.165) is 47.2 Å². The van der Waals surface area contributed by atoms with Gasteiger partial charge in [0.25, 0.3) is 0 Å². The fourth-order valence-electron chi connectivity index (χ4n) is 3.50. The minimum Gasteiger partial charge on any atom is -0.340 e. The lowest BCUT2D eigenvalue weighted by atomic mass is 10.0. The molecule has 0 radical (unpaired) electrons. The molecule has 0 aliphatic heterocycles. The van der Waals surface area contributed by atoms with Crippen molar-refractivity contribution in [2.24, 2.45) is 5.92 Å². The molecule has 4 heteroatoms. The van der Waals surface area contributed by atoms with Gasteiger partial charge in [0.2, 0.25) is 5.91 Å². The number of nitrogens with one attached hydrogen (secondary N) is 1. The maximum Gasteiger partial charge on any atom is 0.227 e. The van der Waals surface area contributed by atoms with Crippen molar-refractivity contribution >= 4 is 22.5 Å². The van der Waals surface area contributed by atoms with Gasteiger partial charge >= 0.3 is 0 Å². The first-order valence-corrected chi connectivity index (χ1v) is 9.06. The second-order valence-electron chi connectivity index (χ2n) is 6.94. The normalized spacial score (nSPS) is 13.6. The summed E-state index contributed by atoms with van der Waals surface area (Å²) in [7, 11) is 0. The van der Waals surface area contributed by atoms with Crippen LogP contribution in [0.2, 0.25) is 0 Å². The van der Waals surface area contributed by atoms with Gasteiger partial charge in [-0.05, 0) is 56.0 Å². The van der Waals surface area contributed by atoms with Gasteiger partial charge in [0.05, 0.1) is 16.8 Å². The van der Waals surface area contributed by atoms with Crippen LogP contribution in [0.3, 0.4) is 0 Å². The van der Waals surface area contributed by atoms with E-state index >= 15 is 0 Å². The molecule has 0 bridgehead atoms. The number of anilines is 1. The first kappa shape index (κ1) is 16.4. The molecule has 4 nitrogen and oxygen atoms in total. The van der Waals surface area contributed by atoms with E-state index in [2.05, 4.69) is 35.9 Å². The molecule has 1 fully saturated rings. The molecule has 1 aromatic heterocycles. The number of amides is 1. The molecule has 1 saturated carbocycles. The second kappa shape index (κ2) is 6.34. The number of hydrogen-bond acceptors (Lipinski definition) is 2. The Balaban J connectivity index is 1.78. The lowest BCUT2D eigenvalue weighted by Crippen LogP contribution is -2.13. The van der Waals surface area contributed by atoms with Gasteiger partial charge in [-0.25, -0.2) is 0 Å². The SMILES string of the molecule is CCn1c(-c2ccc(NC(=O)C3CC3)cc2)c(C#N)c2ccc(C)cc21. The molecule has 1 aliphatic carbocycles. The van der Waals surface area contributed by atoms with E-state index in [1.165, 1.54) is 5.56 Å². The standard InChI is InChI=1S/C22H21N3O/c1-3-25-20-12-14(2)4-11-18(20)19(13-23)21(25)15-7-9-17(10-8-15)24-22(26)16-5-6-16/h4,7-12,16H,3,5-6H2,1-2H3,(H,24,26). The van der Waals surface area contributed by atoms with Crippen molar-refractivity contribution in [3.05, 3.63) is 53.6 Å². The van der Waals surface area contributed by atoms with Crippen LogP contribution in [0.4, 0.5) is 5.69 Å². The summed E-state index contributed by atoms with van der Waals surface area (Å²) in [4.78, 5) is 11.9. The molecule has 1 aliphatic rings. The molecule has 0 atom stereocenters. The van der Waals surface area contributed by atoms with Gasteiger partial charge < -0.3 is 9.88 Å². The molecular weight excluding hydrogens is 322 g/mol. The van der Waals surface area contributed by atoms with E-state index in [-0.39, 0.29) is 11.8 Å². The number of aromatic nitrogens is 1. The maximum atomic E-state index is 11.9. The van der Waals surface area contributed by atoms with Crippen LogP contribution in [0.25, 0.3) is 22.2 Å². The molecule has 130 valence electrons. The van der Waals surface area contributed by atoms with Gasteiger partial charge in [0.1, 0.15) is 6.07 Å². The summed E-state index contributed by atoms with van der Waals surface area (Å²) in [5, 5.41) is 13.7. The largest absolute Gasteiger partial charge is 0.340 e. The molecule has 26 heavy (non-hydrogen) atoms. The Labute approximate surface area is 153 Å². The van der Waals surface area contributed by atoms with Crippen LogP contribution in [-0.4, -0.2) is 10.5 Å². The lowest BCUT2D eigenvalue weighted by Gasteiger charge is -2.10. The zero-order chi connectivity index (χ0) is 18.3. The summed E-state index contributed by atoms with van der Waals surface area (Å²) in [5.74, 6) is 0.291. The highest BCUT2D eigenvalue weighted by atomic mass is 16.2. The van der Waals surface area contributed by atoms with Crippen molar-refractivity contribution in [1.82, 2.24) is 4.57 Å². The van der Waals surface area contributed by atoms with Crippen molar-refractivity contribution in [3.63, 3.8) is 0 Å². The average molecular weight is 343 g/mol. The zero-order valence-electron chi connectivity index (χ0n) is 15.0. The van der Waals surface area contributed by atoms with E-state index in [1.54, 1.807) is 0 Å². The molecule has 4 rings (SSSR count). The van der Waals surface area contributed by atoms with Crippen molar-refractivity contribution < 1.29 is 4.79 Å². The number of hydrogen-bond donors (Lipinski definition) is 1. The highest BCUT2D eigenvalue weighted by Crippen LogP contribution is 2.35. The lowest BCUT2D eigenvalue weighted by molar-refractivity contribution is -0.117. The summed E-state index contributed by atoms with van der Waals surface area (Å²) in [6.07, 6.45) is 1.98. The predicted molar refractivity (Wildman–Crippen MR) is 104 cm³/mol. The molecule has 1 heterocycles. The average Bonchev–Trinajstić information content (AvgIpc) is 3.45. The van der Waals surface area contributed by atoms with E-state index < -0.39 is 0 Å². The molecule has 1 N–H and O–H groups in total. The van der Waals surface area contributed by atoms with Crippen LogP contribution in [0.15, 0.2) is 42.5 Å². The molecule has 1 amide bonds. The maximum absolute atomic E-state index is 11.9. The molecule has 2 aromatic carbocycles. The molecule has 0 spiro atoms. The number of fused-ring (bicyclic) bond motifs is 1. The second-order valence-corrected chi connectivity index (χ2v) is 6.94. The van der Waals surface area contributed by atoms with Crippen LogP contribution < -0.4 is 5.32 Å².